The van der Waals surface area contributed by atoms with Gasteiger partial charge in [-0.05, 0) is 37.8 Å². The second kappa shape index (κ2) is 5.14. The lowest BCUT2D eigenvalue weighted by atomic mass is 9.80. The Bertz CT molecular complexity index is 518. The molecule has 0 amide bonds. The molecule has 0 radical (unpaired) electrons. The Morgan fingerprint density at radius 1 is 1.45 bits per heavy atom. The highest BCUT2D eigenvalue weighted by molar-refractivity contribution is 5.73. The number of nitrogens with two attached hydrogens (primary N) is 2. The van der Waals surface area contributed by atoms with Gasteiger partial charge >= 0.3 is 0 Å². The third kappa shape index (κ3) is 2.55. The van der Waals surface area contributed by atoms with E-state index in [1.54, 1.807) is 0 Å². The predicted molar refractivity (Wildman–Crippen MR) is 70.8 cm³/mol. The van der Waals surface area contributed by atoms with Crippen molar-refractivity contribution in [2.45, 2.75) is 38.2 Å². The van der Waals surface area contributed by atoms with E-state index in [0.29, 0.717) is 12.8 Å². The summed E-state index contributed by atoms with van der Waals surface area (Å²) in [6, 6.07) is 1.27. The topological polar surface area (TPSA) is 75.5 Å². The maximum absolute atomic E-state index is 13.9. The minimum Gasteiger partial charge on any atom is -0.397 e. The Morgan fingerprint density at radius 3 is 2.50 bits per heavy atom. The first-order valence-electron chi connectivity index (χ1n) is 6.36. The van der Waals surface area contributed by atoms with Crippen LogP contribution in [0.2, 0.25) is 0 Å². The van der Waals surface area contributed by atoms with Crippen LogP contribution in [0.4, 0.5) is 24.5 Å². The summed E-state index contributed by atoms with van der Waals surface area (Å²) >= 11 is 0. The zero-order chi connectivity index (χ0) is 15.1. The van der Waals surface area contributed by atoms with E-state index in [1.807, 2.05) is 0 Å². The molecule has 112 valence electrons. The van der Waals surface area contributed by atoms with Crippen LogP contribution in [0.3, 0.4) is 0 Å². The molecule has 1 aliphatic carbocycles. The number of alkyl halides is 2. The second-order valence-electron chi connectivity index (χ2n) is 5.37. The van der Waals surface area contributed by atoms with E-state index in [0.717, 1.165) is 11.4 Å². The van der Waals surface area contributed by atoms with E-state index < -0.39 is 23.4 Å². The van der Waals surface area contributed by atoms with Gasteiger partial charge in [0.05, 0.1) is 29.1 Å². The number of hydrogen-bond acceptors (Lipinski definition) is 4. The van der Waals surface area contributed by atoms with E-state index in [9.17, 15) is 18.3 Å². The van der Waals surface area contributed by atoms with Crippen LogP contribution in [0.1, 0.15) is 36.8 Å². The van der Waals surface area contributed by atoms with Crippen molar-refractivity contribution in [1.29, 1.82) is 0 Å². The van der Waals surface area contributed by atoms with E-state index >= 15 is 0 Å². The molecule has 0 bridgehead atoms. The molecule has 0 aromatic heterocycles. The fraction of sp³-hybridized carbons (Fsp3) is 0.538. The van der Waals surface area contributed by atoms with Gasteiger partial charge in [-0.25, -0.2) is 19.0 Å². The van der Waals surface area contributed by atoms with Crippen LogP contribution in [0, 0.1) is 12.7 Å². The van der Waals surface area contributed by atoms with Crippen LogP contribution in [-0.4, -0.2) is 17.3 Å². The lowest BCUT2D eigenvalue weighted by Crippen LogP contribution is -2.51. The Balaban J connectivity index is 2.41. The number of aryl methyl sites for hydroxylation is 1. The third-order valence-electron chi connectivity index (χ3n) is 3.74. The molecule has 1 fully saturated rings. The fourth-order valence-electron chi connectivity index (χ4n) is 2.50. The quantitative estimate of drug-likeness (QED) is 0.451. The van der Waals surface area contributed by atoms with Gasteiger partial charge in [0.15, 0.2) is 0 Å². The van der Waals surface area contributed by atoms with Crippen molar-refractivity contribution in [3.8, 4) is 0 Å². The first-order chi connectivity index (χ1) is 9.25. The standard InChI is InChI=1S/C13H18F3N3O/c1-7-5-8(17)11(9(10(7)14)12(15)16)19(18)6-13(20)3-2-4-13/h5,12,20H,2-4,6,17-18H2,1H3. The van der Waals surface area contributed by atoms with Gasteiger partial charge in [-0.15, -0.1) is 0 Å². The van der Waals surface area contributed by atoms with Crippen molar-refractivity contribution < 1.29 is 18.3 Å². The molecule has 0 spiro atoms. The molecule has 0 atom stereocenters. The van der Waals surface area contributed by atoms with Crippen molar-refractivity contribution in [2.75, 3.05) is 17.3 Å². The van der Waals surface area contributed by atoms with Gasteiger partial charge in [0.25, 0.3) is 6.43 Å². The molecular formula is C13H18F3N3O. The average molecular weight is 289 g/mol. The third-order valence-corrected chi connectivity index (χ3v) is 3.74. The van der Waals surface area contributed by atoms with Crippen LogP contribution in [0.25, 0.3) is 0 Å². The number of rotatable bonds is 4. The van der Waals surface area contributed by atoms with Gasteiger partial charge in [-0.1, -0.05) is 0 Å². The van der Waals surface area contributed by atoms with E-state index in [-0.39, 0.29) is 23.5 Å². The summed E-state index contributed by atoms with van der Waals surface area (Å²) in [7, 11) is 0. The summed E-state index contributed by atoms with van der Waals surface area (Å²) in [6.45, 7) is 1.31. The van der Waals surface area contributed by atoms with Crippen LogP contribution < -0.4 is 16.6 Å². The molecule has 5 N–H and O–H groups in total. The molecule has 1 aromatic rings. The molecule has 1 aromatic carbocycles. The average Bonchev–Trinajstić information content (AvgIpc) is 2.30. The SMILES string of the molecule is Cc1cc(N)c(N(N)CC2(O)CCC2)c(C(F)F)c1F. The maximum Gasteiger partial charge on any atom is 0.268 e. The number of nitrogen functional groups attached to an aromatic ring is 1. The summed E-state index contributed by atoms with van der Waals surface area (Å²) < 4.78 is 40.1. The van der Waals surface area contributed by atoms with E-state index in [2.05, 4.69) is 0 Å². The molecular weight excluding hydrogens is 271 g/mol. The smallest absolute Gasteiger partial charge is 0.268 e. The molecule has 0 unspecified atom stereocenters. The summed E-state index contributed by atoms with van der Waals surface area (Å²) in [6.07, 6.45) is -1.10. The molecule has 1 saturated carbocycles. The molecule has 1 aliphatic rings. The maximum atomic E-state index is 13.9. The normalized spacial score (nSPS) is 17.1. The van der Waals surface area contributed by atoms with Gasteiger partial charge in [0.1, 0.15) is 5.82 Å². The van der Waals surface area contributed by atoms with Crippen molar-refractivity contribution >= 4 is 11.4 Å². The number of hydrogen-bond donors (Lipinski definition) is 3. The Labute approximate surface area is 115 Å². The van der Waals surface area contributed by atoms with Crippen molar-refractivity contribution in [3.05, 3.63) is 23.0 Å². The number of nitrogens with zero attached hydrogens (tertiary/aromatic N) is 1. The lowest BCUT2D eigenvalue weighted by Gasteiger charge is -2.40. The Morgan fingerprint density at radius 2 is 2.05 bits per heavy atom. The molecule has 2 rings (SSSR count). The highest BCUT2D eigenvalue weighted by atomic mass is 19.3. The molecule has 0 saturated heterocycles. The van der Waals surface area contributed by atoms with Crippen LogP contribution in [0.5, 0.6) is 0 Å². The molecule has 0 aliphatic heterocycles. The Kier molecular flexibility index (Phi) is 3.84. The highest BCUT2D eigenvalue weighted by Gasteiger charge is 2.37. The van der Waals surface area contributed by atoms with Gasteiger partial charge < -0.3 is 15.8 Å². The predicted octanol–water partition coefficient (Wildman–Crippen LogP) is 2.25. The monoisotopic (exact) mass is 289 g/mol. The van der Waals surface area contributed by atoms with Crippen molar-refractivity contribution in [2.24, 2.45) is 5.84 Å². The molecule has 7 heteroatoms. The number of aliphatic hydroxyl groups is 1. The summed E-state index contributed by atoms with van der Waals surface area (Å²) in [5.41, 5.74) is 3.65. The highest BCUT2D eigenvalue weighted by Crippen LogP contribution is 2.39. The molecule has 4 nitrogen and oxygen atoms in total. The van der Waals surface area contributed by atoms with Crippen molar-refractivity contribution in [3.63, 3.8) is 0 Å². The number of hydrazine groups is 1. The van der Waals surface area contributed by atoms with Gasteiger partial charge in [-0.2, -0.15) is 0 Å². The fourth-order valence-corrected chi connectivity index (χ4v) is 2.50. The largest absolute Gasteiger partial charge is 0.397 e. The van der Waals surface area contributed by atoms with Crippen molar-refractivity contribution in [1.82, 2.24) is 0 Å². The summed E-state index contributed by atoms with van der Waals surface area (Å²) in [4.78, 5) is 0. The van der Waals surface area contributed by atoms with Gasteiger partial charge in [-0.3, -0.25) is 0 Å². The minimum atomic E-state index is -3.03. The Hall–Kier alpha value is -1.47. The van der Waals surface area contributed by atoms with Crippen LogP contribution in [-0.2, 0) is 0 Å². The van der Waals surface area contributed by atoms with Gasteiger partial charge in [0.2, 0.25) is 0 Å². The minimum absolute atomic E-state index is 0.0235. The second-order valence-corrected chi connectivity index (χ2v) is 5.37. The van der Waals surface area contributed by atoms with E-state index in [4.69, 9.17) is 11.6 Å². The van der Waals surface area contributed by atoms with Gasteiger partial charge in [0, 0.05) is 0 Å². The lowest BCUT2D eigenvalue weighted by molar-refractivity contribution is -0.0256. The number of halogens is 3. The summed E-state index contributed by atoms with van der Waals surface area (Å²) in [5.74, 6) is 4.73. The zero-order valence-electron chi connectivity index (χ0n) is 11.2. The van der Waals surface area contributed by atoms with Crippen LogP contribution in [0.15, 0.2) is 6.07 Å². The first-order valence-corrected chi connectivity index (χ1v) is 6.36. The summed E-state index contributed by atoms with van der Waals surface area (Å²) in [5, 5.41) is 11.0. The zero-order valence-corrected chi connectivity index (χ0v) is 11.2. The number of benzene rings is 1. The van der Waals surface area contributed by atoms with E-state index in [1.165, 1.54) is 13.0 Å². The van der Waals surface area contributed by atoms with Crippen LogP contribution >= 0.6 is 0 Å². The molecule has 20 heavy (non-hydrogen) atoms. The number of anilines is 2. The molecule has 0 heterocycles. The first kappa shape index (κ1) is 14.9.